The highest BCUT2D eigenvalue weighted by molar-refractivity contribution is 5.97. The van der Waals surface area contributed by atoms with Crippen LogP contribution in [0.5, 0.6) is 0 Å². The molecule has 1 saturated carbocycles. The number of amidine groups is 1. The first-order valence-corrected chi connectivity index (χ1v) is 7.02. The zero-order chi connectivity index (χ0) is 14.6. The van der Waals surface area contributed by atoms with Crippen LogP contribution < -0.4 is 11.1 Å². The van der Waals surface area contributed by atoms with Gasteiger partial charge in [0.15, 0.2) is 5.84 Å². The van der Waals surface area contributed by atoms with E-state index in [1.165, 1.54) is 19.3 Å². The Labute approximate surface area is 120 Å². The van der Waals surface area contributed by atoms with E-state index in [0.717, 1.165) is 24.2 Å². The average molecular weight is 276 g/mol. The first-order valence-electron chi connectivity index (χ1n) is 7.02. The third-order valence-corrected chi connectivity index (χ3v) is 4.35. The SMILES string of the molecule is CN(C)C1(CNCc2cccc(/C(N)=N/O)c2)CCC1. The molecule has 20 heavy (non-hydrogen) atoms. The lowest BCUT2D eigenvalue weighted by Gasteiger charge is -2.47. The summed E-state index contributed by atoms with van der Waals surface area (Å²) >= 11 is 0. The Hall–Kier alpha value is -1.59. The van der Waals surface area contributed by atoms with Crippen LogP contribution in [-0.2, 0) is 6.54 Å². The third-order valence-electron chi connectivity index (χ3n) is 4.35. The van der Waals surface area contributed by atoms with E-state index in [2.05, 4.69) is 29.5 Å². The van der Waals surface area contributed by atoms with Crippen molar-refractivity contribution in [1.29, 1.82) is 0 Å². The van der Waals surface area contributed by atoms with Crippen molar-refractivity contribution >= 4 is 5.84 Å². The van der Waals surface area contributed by atoms with Crippen LogP contribution in [0.3, 0.4) is 0 Å². The molecule has 2 rings (SSSR count). The summed E-state index contributed by atoms with van der Waals surface area (Å²) < 4.78 is 0. The number of nitrogens with two attached hydrogens (primary N) is 1. The largest absolute Gasteiger partial charge is 0.409 e. The maximum Gasteiger partial charge on any atom is 0.170 e. The molecule has 1 aliphatic rings. The van der Waals surface area contributed by atoms with Crippen LogP contribution in [0, 0.1) is 0 Å². The molecule has 0 radical (unpaired) electrons. The summed E-state index contributed by atoms with van der Waals surface area (Å²) in [6, 6.07) is 7.76. The molecule has 1 aromatic rings. The van der Waals surface area contributed by atoms with E-state index < -0.39 is 0 Å². The molecule has 0 atom stereocenters. The molecule has 0 heterocycles. The van der Waals surface area contributed by atoms with Gasteiger partial charge < -0.3 is 21.2 Å². The van der Waals surface area contributed by atoms with Crippen LogP contribution >= 0.6 is 0 Å². The summed E-state index contributed by atoms with van der Waals surface area (Å²) in [5, 5.41) is 15.3. The molecule has 1 fully saturated rings. The van der Waals surface area contributed by atoms with E-state index in [0.29, 0.717) is 5.54 Å². The van der Waals surface area contributed by atoms with E-state index >= 15 is 0 Å². The summed E-state index contributed by atoms with van der Waals surface area (Å²) in [5.74, 6) is 0.149. The predicted molar refractivity (Wildman–Crippen MR) is 80.9 cm³/mol. The first kappa shape index (κ1) is 14.8. The van der Waals surface area contributed by atoms with Crippen LogP contribution in [0.2, 0.25) is 0 Å². The Kier molecular flexibility index (Phi) is 4.62. The quantitative estimate of drug-likeness (QED) is 0.317. The number of likely N-dealkylation sites (N-methyl/N-ethyl adjacent to an activating group) is 1. The number of benzene rings is 1. The van der Waals surface area contributed by atoms with Crippen molar-refractivity contribution in [2.45, 2.75) is 31.3 Å². The molecule has 4 N–H and O–H groups in total. The van der Waals surface area contributed by atoms with Gasteiger partial charge in [0.1, 0.15) is 0 Å². The number of nitrogens with one attached hydrogen (secondary N) is 1. The van der Waals surface area contributed by atoms with Crippen molar-refractivity contribution in [1.82, 2.24) is 10.2 Å². The van der Waals surface area contributed by atoms with Crippen LogP contribution in [0.4, 0.5) is 0 Å². The number of oxime groups is 1. The van der Waals surface area contributed by atoms with Crippen molar-refractivity contribution < 1.29 is 5.21 Å². The lowest BCUT2D eigenvalue weighted by atomic mass is 9.75. The smallest absolute Gasteiger partial charge is 0.170 e. The van der Waals surface area contributed by atoms with Gasteiger partial charge in [-0.05, 0) is 45.0 Å². The Balaban J connectivity index is 1.91. The first-order chi connectivity index (χ1) is 9.57. The standard InChI is InChI=1S/C15H24N4O/c1-19(2)15(7-4-8-15)11-17-10-12-5-3-6-13(9-12)14(16)18-20/h3,5-6,9,17,20H,4,7-8,10-11H2,1-2H3,(H2,16,18). The van der Waals surface area contributed by atoms with Crippen molar-refractivity contribution in [2.24, 2.45) is 10.9 Å². The predicted octanol–water partition coefficient (Wildman–Crippen LogP) is 1.35. The van der Waals surface area contributed by atoms with E-state index in [-0.39, 0.29) is 5.84 Å². The Morgan fingerprint density at radius 1 is 1.45 bits per heavy atom. The topological polar surface area (TPSA) is 73.9 Å². The second-order valence-electron chi connectivity index (χ2n) is 5.76. The third kappa shape index (κ3) is 3.11. The van der Waals surface area contributed by atoms with Crippen LogP contribution in [0.25, 0.3) is 0 Å². The van der Waals surface area contributed by atoms with Gasteiger partial charge >= 0.3 is 0 Å². The maximum absolute atomic E-state index is 8.70. The second kappa shape index (κ2) is 6.24. The highest BCUT2D eigenvalue weighted by Gasteiger charge is 2.38. The van der Waals surface area contributed by atoms with Gasteiger partial charge in [0, 0.05) is 24.2 Å². The van der Waals surface area contributed by atoms with Gasteiger partial charge in [0.25, 0.3) is 0 Å². The fourth-order valence-electron chi connectivity index (χ4n) is 2.70. The summed E-state index contributed by atoms with van der Waals surface area (Å²) in [6.07, 6.45) is 3.84. The number of nitrogens with zero attached hydrogens (tertiary/aromatic N) is 2. The monoisotopic (exact) mass is 276 g/mol. The van der Waals surface area contributed by atoms with Gasteiger partial charge in [0.2, 0.25) is 0 Å². The highest BCUT2D eigenvalue weighted by atomic mass is 16.4. The molecule has 5 heteroatoms. The van der Waals surface area contributed by atoms with Crippen molar-refractivity contribution in [3.8, 4) is 0 Å². The molecule has 110 valence electrons. The Morgan fingerprint density at radius 2 is 2.20 bits per heavy atom. The number of hydrogen-bond donors (Lipinski definition) is 3. The van der Waals surface area contributed by atoms with E-state index in [9.17, 15) is 0 Å². The second-order valence-corrected chi connectivity index (χ2v) is 5.76. The van der Waals surface area contributed by atoms with Gasteiger partial charge in [-0.3, -0.25) is 0 Å². The van der Waals surface area contributed by atoms with E-state index in [1.807, 2.05) is 24.3 Å². The zero-order valence-corrected chi connectivity index (χ0v) is 12.3. The molecule has 0 bridgehead atoms. The molecular weight excluding hydrogens is 252 g/mol. The minimum atomic E-state index is 0.149. The fraction of sp³-hybridized carbons (Fsp3) is 0.533. The van der Waals surface area contributed by atoms with Crippen LogP contribution in [-0.4, -0.2) is 42.1 Å². The minimum absolute atomic E-state index is 0.149. The maximum atomic E-state index is 8.70. The van der Waals surface area contributed by atoms with Crippen LogP contribution in [0.15, 0.2) is 29.4 Å². The minimum Gasteiger partial charge on any atom is -0.409 e. The lowest BCUT2D eigenvalue weighted by molar-refractivity contribution is 0.0598. The van der Waals surface area contributed by atoms with Crippen molar-refractivity contribution in [3.05, 3.63) is 35.4 Å². The molecule has 0 saturated heterocycles. The van der Waals surface area contributed by atoms with Gasteiger partial charge in [-0.15, -0.1) is 0 Å². The Bertz CT molecular complexity index is 481. The molecule has 0 aromatic heterocycles. The van der Waals surface area contributed by atoms with Gasteiger partial charge in [-0.25, -0.2) is 0 Å². The van der Waals surface area contributed by atoms with Gasteiger partial charge in [-0.1, -0.05) is 23.4 Å². The molecule has 0 spiro atoms. The van der Waals surface area contributed by atoms with E-state index in [4.69, 9.17) is 10.9 Å². The molecule has 0 unspecified atom stereocenters. The zero-order valence-electron chi connectivity index (χ0n) is 12.3. The van der Waals surface area contributed by atoms with Crippen molar-refractivity contribution in [2.75, 3.05) is 20.6 Å². The molecular formula is C15H24N4O. The lowest BCUT2D eigenvalue weighted by Crippen LogP contribution is -2.56. The van der Waals surface area contributed by atoms with Crippen molar-refractivity contribution in [3.63, 3.8) is 0 Å². The average Bonchev–Trinajstić information content (AvgIpc) is 2.40. The summed E-state index contributed by atoms with van der Waals surface area (Å²) in [6.45, 7) is 1.79. The summed E-state index contributed by atoms with van der Waals surface area (Å²) in [5.41, 5.74) is 7.82. The summed E-state index contributed by atoms with van der Waals surface area (Å²) in [7, 11) is 4.31. The van der Waals surface area contributed by atoms with Crippen LogP contribution in [0.1, 0.15) is 30.4 Å². The molecule has 0 amide bonds. The number of hydrogen-bond acceptors (Lipinski definition) is 4. The molecule has 5 nitrogen and oxygen atoms in total. The van der Waals surface area contributed by atoms with E-state index in [1.54, 1.807) is 0 Å². The normalized spacial score (nSPS) is 18.1. The Morgan fingerprint density at radius 3 is 2.75 bits per heavy atom. The summed E-state index contributed by atoms with van der Waals surface area (Å²) in [4.78, 5) is 2.33. The molecule has 1 aliphatic carbocycles. The number of rotatable bonds is 6. The molecule has 0 aliphatic heterocycles. The molecule has 1 aromatic carbocycles. The fourth-order valence-corrected chi connectivity index (χ4v) is 2.70. The van der Waals surface area contributed by atoms with Gasteiger partial charge in [-0.2, -0.15) is 0 Å². The van der Waals surface area contributed by atoms with Gasteiger partial charge in [0.05, 0.1) is 0 Å². The highest BCUT2D eigenvalue weighted by Crippen LogP contribution is 2.35.